The van der Waals surface area contributed by atoms with E-state index in [0.717, 1.165) is 13.0 Å². The number of halogens is 3. The van der Waals surface area contributed by atoms with Crippen molar-refractivity contribution < 1.29 is 26.7 Å². The van der Waals surface area contributed by atoms with E-state index in [9.17, 15) is 17.2 Å². The minimum Gasteiger partial charge on any atom is -0.491 e. The summed E-state index contributed by atoms with van der Waals surface area (Å²) in [6.07, 6.45) is -0.495. The number of para-hydroxylation sites is 1. The van der Waals surface area contributed by atoms with Crippen LogP contribution in [0.4, 0.5) is 8.78 Å². The number of alkyl halides is 3. The Morgan fingerprint density at radius 1 is 1.12 bits per heavy atom. The van der Waals surface area contributed by atoms with E-state index in [-0.39, 0.29) is 13.1 Å². The first kappa shape index (κ1) is 30.5. The molecule has 4 heterocycles. The van der Waals surface area contributed by atoms with E-state index in [4.69, 9.17) is 26.1 Å². The highest BCUT2D eigenvalue weighted by molar-refractivity contribution is 7.90. The lowest BCUT2D eigenvalue weighted by atomic mass is 10.3. The fraction of sp³-hybridized carbons (Fsp3) is 0.600. The molecule has 3 aliphatic rings. The molecule has 17 heteroatoms. The summed E-state index contributed by atoms with van der Waals surface area (Å²) in [5.74, 6) is 0.923. The van der Waals surface area contributed by atoms with Gasteiger partial charge in [-0.15, -0.1) is 11.6 Å². The number of benzene rings is 1. The van der Waals surface area contributed by atoms with Crippen molar-refractivity contribution in [1.29, 1.82) is 0 Å². The Bertz CT molecular complexity index is 1410. The van der Waals surface area contributed by atoms with Gasteiger partial charge in [0.2, 0.25) is 16.0 Å². The van der Waals surface area contributed by atoms with Crippen LogP contribution in [0.15, 0.2) is 35.2 Å². The van der Waals surface area contributed by atoms with Crippen molar-refractivity contribution in [2.75, 3.05) is 90.1 Å². The molecule has 0 amide bonds. The molecule has 3 aliphatic heterocycles. The van der Waals surface area contributed by atoms with E-state index >= 15 is 0 Å². The zero-order valence-electron chi connectivity index (χ0n) is 23.6. The number of morpholine rings is 1. The first-order valence-corrected chi connectivity index (χ1v) is 15.9. The third kappa shape index (κ3) is 6.67. The first-order chi connectivity index (χ1) is 20.2. The maximum absolute atomic E-state index is 14.5. The number of hydrogen-bond acceptors (Lipinski definition) is 11. The van der Waals surface area contributed by atoms with Gasteiger partial charge in [-0.2, -0.15) is 14.4 Å². The van der Waals surface area contributed by atoms with Crippen LogP contribution in [-0.4, -0.2) is 128 Å². The summed E-state index contributed by atoms with van der Waals surface area (Å²) in [4.78, 5) is 15.1. The summed E-state index contributed by atoms with van der Waals surface area (Å²) >= 11 is 5.65. The van der Waals surface area contributed by atoms with Gasteiger partial charge in [0.1, 0.15) is 16.5 Å². The molecule has 5 rings (SSSR count). The van der Waals surface area contributed by atoms with E-state index in [0.29, 0.717) is 74.6 Å². The molecule has 0 unspecified atom stereocenters. The fourth-order valence-corrected chi connectivity index (χ4v) is 6.25. The van der Waals surface area contributed by atoms with Crippen molar-refractivity contribution in [3.8, 4) is 5.75 Å². The molecule has 2 aromatic rings. The number of fused-ring (bicyclic) bond motifs is 1. The number of guanidine groups is 1. The van der Waals surface area contributed by atoms with Crippen LogP contribution >= 0.6 is 11.6 Å². The maximum Gasteiger partial charge on any atom is 0.297 e. The molecule has 0 bridgehead atoms. The summed E-state index contributed by atoms with van der Waals surface area (Å²) in [6.45, 7) is 4.53. The maximum atomic E-state index is 14.5. The van der Waals surface area contributed by atoms with Gasteiger partial charge in [-0.1, -0.05) is 6.07 Å². The predicted octanol–water partition coefficient (Wildman–Crippen LogP) is 1.39. The third-order valence-corrected chi connectivity index (χ3v) is 9.40. The zero-order valence-corrected chi connectivity index (χ0v) is 25.2. The van der Waals surface area contributed by atoms with E-state index in [1.54, 1.807) is 24.4 Å². The Balaban J connectivity index is 1.48. The Morgan fingerprint density at radius 3 is 2.52 bits per heavy atom. The third-order valence-electron chi connectivity index (χ3n) is 7.14. The van der Waals surface area contributed by atoms with Crippen molar-refractivity contribution in [1.82, 2.24) is 34.1 Å². The first-order valence-electron chi connectivity index (χ1n) is 13.7. The molecule has 1 aromatic carbocycles. The molecule has 2 saturated heterocycles. The van der Waals surface area contributed by atoms with E-state index < -0.39 is 27.5 Å². The molecule has 0 radical (unpaired) electrons. The number of ether oxygens (including phenoxy) is 2. The predicted molar refractivity (Wildman–Crippen MR) is 155 cm³/mol. The molecule has 0 spiro atoms. The Kier molecular flexibility index (Phi) is 9.57. The van der Waals surface area contributed by atoms with Crippen LogP contribution in [0.3, 0.4) is 0 Å². The van der Waals surface area contributed by atoms with Gasteiger partial charge in [0.15, 0.2) is 11.6 Å². The van der Waals surface area contributed by atoms with Crippen molar-refractivity contribution >= 4 is 38.6 Å². The monoisotopic (exact) mass is 631 g/mol. The number of hydrogen-bond donors (Lipinski definition) is 1. The number of rotatable bonds is 10. The lowest BCUT2D eigenvalue weighted by molar-refractivity contribution is 0.0659. The van der Waals surface area contributed by atoms with Crippen LogP contribution in [0.5, 0.6) is 5.75 Å². The Labute approximate surface area is 248 Å². The molecule has 1 aromatic heterocycles. The molecular weight excluding hydrogens is 596 g/mol. The molecule has 0 saturated carbocycles. The largest absolute Gasteiger partial charge is 0.491 e. The molecule has 232 valence electrons. The normalized spacial score (nSPS) is 19.0. The summed E-state index contributed by atoms with van der Waals surface area (Å²) in [5.41, 5.74) is 3.93. The lowest BCUT2D eigenvalue weighted by Gasteiger charge is -2.40. The summed E-state index contributed by atoms with van der Waals surface area (Å²) in [7, 11) is 0.402. The highest BCUT2D eigenvalue weighted by atomic mass is 35.5. The van der Waals surface area contributed by atoms with Crippen molar-refractivity contribution in [2.24, 2.45) is 4.99 Å². The highest BCUT2D eigenvalue weighted by Crippen LogP contribution is 2.31. The van der Waals surface area contributed by atoms with Crippen LogP contribution in [0.1, 0.15) is 18.7 Å². The topological polar surface area (TPSA) is 111 Å². The number of piperazine rings is 1. The van der Waals surface area contributed by atoms with E-state index in [2.05, 4.69) is 10.4 Å². The zero-order chi connectivity index (χ0) is 29.9. The average Bonchev–Trinajstić information content (AvgIpc) is 3.40. The van der Waals surface area contributed by atoms with Crippen LogP contribution < -0.4 is 15.3 Å². The van der Waals surface area contributed by atoms with Gasteiger partial charge in [0.25, 0.3) is 6.43 Å². The summed E-state index contributed by atoms with van der Waals surface area (Å²) < 4.78 is 67.7. The standard InChI is InChI=1S/C25H36ClF2N9O4S/c1-32(2)7-4-14-41-20-6-3-5-19-22(20)30-24(23(27)28)37(19)36-17-21(29-25(31-36)34-12-15-40-16-13-34)33-8-10-35(11-9-33)42(38,39)18-26/h3,5-6,17,23H,4,7-16,18H2,1-2H3,(H,29,31). The minimum atomic E-state index is -3.54. The van der Waals surface area contributed by atoms with Gasteiger partial charge in [-0.05, 0) is 32.6 Å². The van der Waals surface area contributed by atoms with Crippen LogP contribution in [0.2, 0.25) is 0 Å². The van der Waals surface area contributed by atoms with Gasteiger partial charge >= 0.3 is 0 Å². The van der Waals surface area contributed by atoms with Gasteiger partial charge in [0, 0.05) is 45.8 Å². The number of sulfonamides is 1. The van der Waals surface area contributed by atoms with Crippen molar-refractivity contribution in [2.45, 2.75) is 12.8 Å². The molecular formula is C25H36ClF2N9O4S. The second kappa shape index (κ2) is 13.2. The lowest BCUT2D eigenvalue weighted by Crippen LogP contribution is -2.58. The quantitative estimate of drug-likeness (QED) is 0.305. The molecule has 42 heavy (non-hydrogen) atoms. The van der Waals surface area contributed by atoms with Gasteiger partial charge < -0.3 is 24.2 Å². The second-order valence-electron chi connectivity index (χ2n) is 10.3. The molecule has 13 nitrogen and oxygen atoms in total. The molecule has 1 N–H and O–H groups in total. The SMILES string of the molecule is CN(C)CCCOc1cccc2c1nc(C(F)F)n2N1C=C(N2CCN(S(=O)(=O)CCl)CC2)N=C(N2CCOCC2)N1. The number of nitrogens with one attached hydrogen (secondary N) is 1. The van der Waals surface area contributed by atoms with Gasteiger partial charge in [-0.3, -0.25) is 0 Å². The van der Waals surface area contributed by atoms with Crippen LogP contribution in [0, 0.1) is 0 Å². The molecule has 0 atom stereocenters. The Hall–Kier alpha value is -2.92. The van der Waals surface area contributed by atoms with E-state index in [1.165, 1.54) is 14.1 Å². The average molecular weight is 632 g/mol. The summed E-state index contributed by atoms with van der Waals surface area (Å²) in [6, 6.07) is 5.19. The fourth-order valence-electron chi connectivity index (χ4n) is 4.97. The van der Waals surface area contributed by atoms with Gasteiger partial charge in [-0.25, -0.2) is 32.3 Å². The number of aliphatic imine (C=N–C) groups is 1. The van der Waals surface area contributed by atoms with E-state index in [1.807, 2.05) is 28.8 Å². The smallest absolute Gasteiger partial charge is 0.297 e. The van der Waals surface area contributed by atoms with Crippen LogP contribution in [0.25, 0.3) is 11.0 Å². The number of imidazole rings is 1. The van der Waals surface area contributed by atoms with Gasteiger partial charge in [0.05, 0.1) is 31.5 Å². The molecule has 0 aliphatic carbocycles. The Morgan fingerprint density at radius 2 is 1.86 bits per heavy atom. The highest BCUT2D eigenvalue weighted by Gasteiger charge is 2.32. The summed E-state index contributed by atoms with van der Waals surface area (Å²) in [5, 5.41) is 0.972. The van der Waals surface area contributed by atoms with Crippen molar-refractivity contribution in [3.63, 3.8) is 0 Å². The molecule has 2 fully saturated rings. The number of aromatic nitrogens is 2. The second-order valence-corrected chi connectivity index (χ2v) is 12.9. The minimum absolute atomic E-state index is 0.229. The van der Waals surface area contributed by atoms with Crippen LogP contribution in [-0.2, 0) is 14.8 Å². The number of nitrogens with zero attached hydrogens (tertiary/aromatic N) is 8. The van der Waals surface area contributed by atoms with Crippen molar-refractivity contribution in [3.05, 3.63) is 36.0 Å². The number of hydrazine groups is 1.